The number of benzene rings is 1. The van der Waals surface area contributed by atoms with E-state index in [1.165, 1.54) is 0 Å². The average molecular weight is 275 g/mol. The summed E-state index contributed by atoms with van der Waals surface area (Å²) in [5.41, 5.74) is 7.91. The number of carbonyl (C=O) groups is 1. The third-order valence-electron chi connectivity index (χ3n) is 3.42. The van der Waals surface area contributed by atoms with Gasteiger partial charge in [-0.3, -0.25) is 4.79 Å². The number of anilines is 1. The van der Waals surface area contributed by atoms with Gasteiger partial charge in [0.05, 0.1) is 5.56 Å². The number of H-pyrrole nitrogens is 1. The molecule has 1 unspecified atom stereocenters. The van der Waals surface area contributed by atoms with Crippen LogP contribution in [0.5, 0.6) is 0 Å². The Balaban J connectivity index is 1.96. The van der Waals surface area contributed by atoms with Crippen LogP contribution in [0.2, 0.25) is 0 Å². The van der Waals surface area contributed by atoms with Crippen LogP contribution in [0.1, 0.15) is 30.1 Å². The number of carbonyl (C=O) groups excluding carboxylic acids is 1. The summed E-state index contributed by atoms with van der Waals surface area (Å²) in [5.74, 6) is 0.179. The largest absolute Gasteiger partial charge is 0.399 e. The maximum Gasteiger partial charge on any atom is 0.253 e. The summed E-state index contributed by atoms with van der Waals surface area (Å²) in [4.78, 5) is 15.2. The number of aromatic nitrogens is 1. The second-order valence-electron chi connectivity index (χ2n) is 5.19. The van der Waals surface area contributed by atoms with Crippen LogP contribution in [-0.4, -0.2) is 29.1 Å². The smallest absolute Gasteiger partial charge is 0.253 e. The Morgan fingerprint density at radius 1 is 1.50 bits per heavy atom. The van der Waals surface area contributed by atoms with Gasteiger partial charge in [0.1, 0.15) is 0 Å². The Labute approximate surface area is 118 Å². The molecular weight excluding hydrogens is 254 g/mol. The number of rotatable bonds is 6. The molecule has 0 radical (unpaired) electrons. The van der Waals surface area contributed by atoms with Gasteiger partial charge in [-0.05, 0) is 37.0 Å². The molecule has 0 fully saturated rings. The van der Waals surface area contributed by atoms with Crippen LogP contribution in [0.4, 0.5) is 5.69 Å². The van der Waals surface area contributed by atoms with Crippen molar-refractivity contribution in [2.24, 2.45) is 5.92 Å². The zero-order valence-corrected chi connectivity index (χ0v) is 11.6. The standard InChI is InChI=1S/C15H21N3O2/c1-10(9-19)3-2-6-17-15(20)13-8-18-14-5-4-11(16)7-12(13)14/h4-5,7-8,10,18-19H,2-3,6,9,16H2,1H3,(H,17,20). The molecule has 0 saturated carbocycles. The fourth-order valence-corrected chi connectivity index (χ4v) is 2.17. The number of nitrogen functional groups attached to an aromatic ring is 1. The van der Waals surface area contributed by atoms with E-state index >= 15 is 0 Å². The Hall–Kier alpha value is -2.01. The predicted octanol–water partition coefficient (Wildman–Crippen LogP) is 1.89. The van der Waals surface area contributed by atoms with E-state index in [1.54, 1.807) is 18.3 Å². The van der Waals surface area contributed by atoms with Gasteiger partial charge >= 0.3 is 0 Å². The third-order valence-corrected chi connectivity index (χ3v) is 3.42. The van der Waals surface area contributed by atoms with Gasteiger partial charge in [-0.1, -0.05) is 6.92 Å². The van der Waals surface area contributed by atoms with Gasteiger partial charge in [-0.2, -0.15) is 0 Å². The monoisotopic (exact) mass is 275 g/mol. The van der Waals surface area contributed by atoms with E-state index in [0.717, 1.165) is 23.7 Å². The Morgan fingerprint density at radius 3 is 3.05 bits per heavy atom. The van der Waals surface area contributed by atoms with Gasteiger partial charge in [0.25, 0.3) is 5.91 Å². The quantitative estimate of drug-likeness (QED) is 0.479. The van der Waals surface area contributed by atoms with E-state index in [-0.39, 0.29) is 18.4 Å². The minimum Gasteiger partial charge on any atom is -0.399 e. The summed E-state index contributed by atoms with van der Waals surface area (Å²) in [6.07, 6.45) is 3.46. The second-order valence-corrected chi connectivity index (χ2v) is 5.19. The summed E-state index contributed by atoms with van der Waals surface area (Å²) in [6, 6.07) is 5.47. The molecule has 1 amide bonds. The molecule has 0 aliphatic carbocycles. The van der Waals surface area contributed by atoms with Gasteiger partial charge < -0.3 is 21.1 Å². The SMILES string of the molecule is CC(CO)CCCNC(=O)c1c[nH]c2ccc(N)cc12. The minimum atomic E-state index is -0.0986. The minimum absolute atomic E-state index is 0.0986. The van der Waals surface area contributed by atoms with Crippen molar-refractivity contribution < 1.29 is 9.90 Å². The van der Waals surface area contributed by atoms with Crippen LogP contribution in [-0.2, 0) is 0 Å². The first-order valence-corrected chi connectivity index (χ1v) is 6.87. The molecule has 1 aromatic heterocycles. The number of hydrogen-bond acceptors (Lipinski definition) is 3. The highest BCUT2D eigenvalue weighted by Crippen LogP contribution is 2.20. The Bertz CT molecular complexity index is 592. The molecule has 0 aliphatic rings. The van der Waals surface area contributed by atoms with E-state index in [4.69, 9.17) is 10.8 Å². The lowest BCUT2D eigenvalue weighted by molar-refractivity contribution is 0.0954. The Kier molecular flexibility index (Phi) is 4.63. The fourth-order valence-electron chi connectivity index (χ4n) is 2.17. The van der Waals surface area contributed by atoms with Gasteiger partial charge in [0.2, 0.25) is 0 Å². The fraction of sp³-hybridized carbons (Fsp3) is 0.400. The van der Waals surface area contributed by atoms with Crippen LogP contribution in [0.15, 0.2) is 24.4 Å². The maximum atomic E-state index is 12.1. The molecule has 1 atom stereocenters. The van der Waals surface area contributed by atoms with E-state index in [9.17, 15) is 4.79 Å². The molecule has 0 spiro atoms. The van der Waals surface area contributed by atoms with Crippen molar-refractivity contribution in [2.75, 3.05) is 18.9 Å². The molecule has 5 nitrogen and oxygen atoms in total. The molecule has 2 aromatic rings. The van der Waals surface area contributed by atoms with E-state index < -0.39 is 0 Å². The molecule has 2 rings (SSSR count). The first-order chi connectivity index (χ1) is 9.61. The second kappa shape index (κ2) is 6.43. The number of hydrogen-bond donors (Lipinski definition) is 4. The summed E-state index contributed by atoms with van der Waals surface area (Å²) < 4.78 is 0. The van der Waals surface area contributed by atoms with Crippen molar-refractivity contribution in [3.63, 3.8) is 0 Å². The third kappa shape index (κ3) is 3.30. The van der Waals surface area contributed by atoms with Crippen molar-refractivity contribution in [1.29, 1.82) is 0 Å². The number of nitrogens with two attached hydrogens (primary N) is 1. The van der Waals surface area contributed by atoms with Crippen molar-refractivity contribution in [3.05, 3.63) is 30.0 Å². The number of aliphatic hydroxyl groups excluding tert-OH is 1. The first kappa shape index (κ1) is 14.4. The molecule has 108 valence electrons. The Morgan fingerprint density at radius 2 is 2.30 bits per heavy atom. The summed E-state index contributed by atoms with van der Waals surface area (Å²) >= 11 is 0. The van der Waals surface area contributed by atoms with E-state index in [2.05, 4.69) is 10.3 Å². The number of fused-ring (bicyclic) bond motifs is 1. The van der Waals surface area contributed by atoms with Crippen LogP contribution < -0.4 is 11.1 Å². The molecule has 0 bridgehead atoms. The lowest BCUT2D eigenvalue weighted by Crippen LogP contribution is -2.24. The van der Waals surface area contributed by atoms with Gasteiger partial charge in [-0.25, -0.2) is 0 Å². The maximum absolute atomic E-state index is 12.1. The summed E-state index contributed by atoms with van der Waals surface area (Å²) in [5, 5.41) is 12.7. The highest BCUT2D eigenvalue weighted by molar-refractivity contribution is 6.07. The lowest BCUT2D eigenvalue weighted by Gasteiger charge is -2.08. The molecule has 1 heterocycles. The zero-order valence-electron chi connectivity index (χ0n) is 11.6. The topological polar surface area (TPSA) is 91.1 Å². The molecule has 0 aliphatic heterocycles. The molecular formula is C15H21N3O2. The number of aromatic amines is 1. The molecule has 20 heavy (non-hydrogen) atoms. The predicted molar refractivity (Wildman–Crippen MR) is 80.5 cm³/mol. The van der Waals surface area contributed by atoms with Crippen molar-refractivity contribution in [2.45, 2.75) is 19.8 Å². The summed E-state index contributed by atoms with van der Waals surface area (Å²) in [6.45, 7) is 2.79. The highest BCUT2D eigenvalue weighted by Gasteiger charge is 2.11. The molecule has 5 N–H and O–H groups in total. The highest BCUT2D eigenvalue weighted by atomic mass is 16.3. The number of amides is 1. The van der Waals surface area contributed by atoms with Crippen molar-refractivity contribution in [1.82, 2.24) is 10.3 Å². The normalized spacial score (nSPS) is 12.5. The average Bonchev–Trinajstić information content (AvgIpc) is 2.86. The van der Waals surface area contributed by atoms with Crippen molar-refractivity contribution in [3.8, 4) is 0 Å². The number of aliphatic hydroxyl groups is 1. The van der Waals surface area contributed by atoms with E-state index in [1.807, 2.05) is 13.0 Å². The van der Waals surface area contributed by atoms with E-state index in [0.29, 0.717) is 17.8 Å². The molecule has 1 aromatic carbocycles. The van der Waals surface area contributed by atoms with Crippen LogP contribution >= 0.6 is 0 Å². The zero-order chi connectivity index (χ0) is 14.5. The molecule has 0 saturated heterocycles. The van der Waals surface area contributed by atoms with Crippen LogP contribution in [0, 0.1) is 5.92 Å². The van der Waals surface area contributed by atoms with Crippen LogP contribution in [0.25, 0.3) is 10.9 Å². The first-order valence-electron chi connectivity index (χ1n) is 6.87. The molecule has 5 heteroatoms. The van der Waals surface area contributed by atoms with Crippen LogP contribution in [0.3, 0.4) is 0 Å². The van der Waals surface area contributed by atoms with Crippen molar-refractivity contribution >= 4 is 22.5 Å². The van der Waals surface area contributed by atoms with Gasteiger partial charge in [0, 0.05) is 35.9 Å². The lowest BCUT2D eigenvalue weighted by atomic mass is 10.1. The summed E-state index contributed by atoms with van der Waals surface area (Å²) in [7, 11) is 0. The van der Waals surface area contributed by atoms with Gasteiger partial charge in [-0.15, -0.1) is 0 Å². The number of nitrogens with one attached hydrogen (secondary N) is 2. The van der Waals surface area contributed by atoms with Gasteiger partial charge in [0.15, 0.2) is 0 Å².